The van der Waals surface area contributed by atoms with Crippen LogP contribution < -0.4 is 5.32 Å². The standard InChI is InChI=1S/C7H14N2O/c1-5(2)7-8-6(10)4-9(7)3/h5,7H,4H2,1-3H3,(H,8,10). The Labute approximate surface area is 61.4 Å². The van der Waals surface area contributed by atoms with Crippen molar-refractivity contribution in [2.75, 3.05) is 13.6 Å². The molecule has 1 rings (SSSR count). The van der Waals surface area contributed by atoms with Crippen LogP contribution in [0.3, 0.4) is 0 Å². The SMILES string of the molecule is CC(C)C1NC(=O)CN1C. The van der Waals surface area contributed by atoms with Crippen molar-refractivity contribution in [2.45, 2.75) is 20.0 Å². The first-order valence-corrected chi connectivity index (χ1v) is 3.61. The lowest BCUT2D eigenvalue weighted by atomic mass is 10.1. The fraction of sp³-hybridized carbons (Fsp3) is 0.857. The zero-order chi connectivity index (χ0) is 7.72. The number of rotatable bonds is 1. The molecule has 0 saturated carbocycles. The predicted molar refractivity (Wildman–Crippen MR) is 39.4 cm³/mol. The lowest BCUT2D eigenvalue weighted by Gasteiger charge is -2.21. The van der Waals surface area contributed by atoms with Crippen molar-refractivity contribution in [1.29, 1.82) is 0 Å². The van der Waals surface area contributed by atoms with E-state index in [0.29, 0.717) is 12.5 Å². The van der Waals surface area contributed by atoms with Crippen molar-refractivity contribution in [3.8, 4) is 0 Å². The molecule has 0 bridgehead atoms. The van der Waals surface area contributed by atoms with Gasteiger partial charge in [-0.2, -0.15) is 0 Å². The first-order valence-electron chi connectivity index (χ1n) is 3.61. The smallest absolute Gasteiger partial charge is 0.235 e. The molecule has 0 aromatic carbocycles. The normalized spacial score (nSPS) is 27.6. The van der Waals surface area contributed by atoms with Gasteiger partial charge in [-0.05, 0) is 13.0 Å². The monoisotopic (exact) mass is 142 g/mol. The number of carbonyl (C=O) groups is 1. The number of nitrogens with one attached hydrogen (secondary N) is 1. The molecule has 0 aliphatic carbocycles. The Morgan fingerprint density at radius 3 is 2.50 bits per heavy atom. The first-order chi connectivity index (χ1) is 4.61. The van der Waals surface area contributed by atoms with E-state index in [1.165, 1.54) is 0 Å². The summed E-state index contributed by atoms with van der Waals surface area (Å²) in [6, 6.07) is 0. The summed E-state index contributed by atoms with van der Waals surface area (Å²) in [7, 11) is 1.96. The molecule has 1 amide bonds. The molecule has 0 aromatic rings. The lowest BCUT2D eigenvalue weighted by Crippen LogP contribution is -2.38. The molecular formula is C7H14N2O. The summed E-state index contributed by atoms with van der Waals surface area (Å²) < 4.78 is 0. The molecule has 1 heterocycles. The fourth-order valence-corrected chi connectivity index (χ4v) is 1.32. The van der Waals surface area contributed by atoms with Crippen LogP contribution in [-0.2, 0) is 4.79 Å². The summed E-state index contributed by atoms with van der Waals surface area (Å²) >= 11 is 0. The quantitative estimate of drug-likeness (QED) is 0.560. The van der Waals surface area contributed by atoms with Crippen LogP contribution in [0.2, 0.25) is 0 Å². The van der Waals surface area contributed by atoms with Crippen LogP contribution in [-0.4, -0.2) is 30.6 Å². The molecule has 1 N–H and O–H groups in total. The fourth-order valence-electron chi connectivity index (χ4n) is 1.32. The van der Waals surface area contributed by atoms with Gasteiger partial charge in [0, 0.05) is 0 Å². The van der Waals surface area contributed by atoms with Gasteiger partial charge in [-0.3, -0.25) is 9.69 Å². The Kier molecular flexibility index (Phi) is 1.94. The molecule has 10 heavy (non-hydrogen) atoms. The van der Waals surface area contributed by atoms with E-state index in [9.17, 15) is 4.79 Å². The molecule has 0 spiro atoms. The van der Waals surface area contributed by atoms with Gasteiger partial charge in [0.1, 0.15) is 0 Å². The third-order valence-electron chi connectivity index (χ3n) is 1.81. The van der Waals surface area contributed by atoms with E-state index in [4.69, 9.17) is 0 Å². The zero-order valence-corrected chi connectivity index (χ0v) is 6.72. The summed E-state index contributed by atoms with van der Waals surface area (Å²) in [5.41, 5.74) is 0. The highest BCUT2D eigenvalue weighted by atomic mass is 16.2. The minimum atomic E-state index is 0.140. The van der Waals surface area contributed by atoms with Crippen molar-refractivity contribution in [3.63, 3.8) is 0 Å². The molecule has 1 aliphatic rings. The Morgan fingerprint density at radius 2 is 2.30 bits per heavy atom. The summed E-state index contributed by atoms with van der Waals surface area (Å²) in [5.74, 6) is 0.637. The molecule has 0 aromatic heterocycles. The summed E-state index contributed by atoms with van der Waals surface area (Å²) in [5, 5.41) is 2.89. The molecule has 58 valence electrons. The number of nitrogens with zero attached hydrogens (tertiary/aromatic N) is 1. The van der Waals surface area contributed by atoms with Crippen molar-refractivity contribution in [2.24, 2.45) is 5.92 Å². The van der Waals surface area contributed by atoms with Crippen molar-refractivity contribution >= 4 is 5.91 Å². The third-order valence-corrected chi connectivity index (χ3v) is 1.81. The van der Waals surface area contributed by atoms with E-state index in [-0.39, 0.29) is 12.1 Å². The largest absolute Gasteiger partial charge is 0.339 e. The van der Waals surface area contributed by atoms with Crippen LogP contribution in [0.25, 0.3) is 0 Å². The van der Waals surface area contributed by atoms with Crippen LogP contribution >= 0.6 is 0 Å². The number of hydrogen-bond acceptors (Lipinski definition) is 2. The highest BCUT2D eigenvalue weighted by molar-refractivity contribution is 5.80. The molecule has 1 fully saturated rings. The maximum atomic E-state index is 10.8. The van der Waals surface area contributed by atoms with Gasteiger partial charge in [0.25, 0.3) is 0 Å². The lowest BCUT2D eigenvalue weighted by molar-refractivity contribution is -0.118. The number of amides is 1. The molecule has 3 heteroatoms. The van der Waals surface area contributed by atoms with Gasteiger partial charge >= 0.3 is 0 Å². The van der Waals surface area contributed by atoms with Crippen LogP contribution in [0, 0.1) is 5.92 Å². The second-order valence-corrected chi connectivity index (χ2v) is 3.17. The Hall–Kier alpha value is -0.570. The van der Waals surface area contributed by atoms with Crippen LogP contribution in [0.4, 0.5) is 0 Å². The molecule has 1 saturated heterocycles. The minimum Gasteiger partial charge on any atom is -0.339 e. The average Bonchev–Trinajstić information content (AvgIpc) is 2.10. The third kappa shape index (κ3) is 1.29. The number of carbonyl (C=O) groups excluding carboxylic acids is 1. The van der Waals surface area contributed by atoms with Gasteiger partial charge in [0.05, 0.1) is 12.7 Å². The second kappa shape index (κ2) is 2.58. The van der Waals surface area contributed by atoms with Gasteiger partial charge < -0.3 is 5.32 Å². The van der Waals surface area contributed by atoms with E-state index in [2.05, 4.69) is 19.2 Å². The molecule has 0 radical (unpaired) electrons. The number of hydrogen-bond donors (Lipinski definition) is 1. The molecule has 3 nitrogen and oxygen atoms in total. The van der Waals surface area contributed by atoms with Crippen molar-refractivity contribution in [3.05, 3.63) is 0 Å². The van der Waals surface area contributed by atoms with Crippen LogP contribution in [0.1, 0.15) is 13.8 Å². The van der Waals surface area contributed by atoms with Gasteiger partial charge in [-0.1, -0.05) is 13.8 Å². The van der Waals surface area contributed by atoms with Crippen LogP contribution in [0.5, 0.6) is 0 Å². The zero-order valence-electron chi connectivity index (χ0n) is 6.72. The highest BCUT2D eigenvalue weighted by Gasteiger charge is 2.28. The molecule has 1 unspecified atom stereocenters. The van der Waals surface area contributed by atoms with Crippen molar-refractivity contribution in [1.82, 2.24) is 10.2 Å². The highest BCUT2D eigenvalue weighted by Crippen LogP contribution is 2.09. The Bertz CT molecular complexity index is 145. The average molecular weight is 142 g/mol. The van der Waals surface area contributed by atoms with Crippen molar-refractivity contribution < 1.29 is 4.79 Å². The van der Waals surface area contributed by atoms with E-state index in [0.717, 1.165) is 0 Å². The van der Waals surface area contributed by atoms with Crippen LogP contribution in [0.15, 0.2) is 0 Å². The summed E-state index contributed by atoms with van der Waals surface area (Å²) in [6.45, 7) is 4.75. The summed E-state index contributed by atoms with van der Waals surface area (Å²) in [6.07, 6.45) is 0.243. The summed E-state index contributed by atoms with van der Waals surface area (Å²) in [4.78, 5) is 12.9. The maximum absolute atomic E-state index is 10.8. The van der Waals surface area contributed by atoms with E-state index < -0.39 is 0 Å². The first kappa shape index (κ1) is 7.54. The molecular weight excluding hydrogens is 128 g/mol. The Balaban J connectivity index is 2.54. The maximum Gasteiger partial charge on any atom is 0.235 e. The van der Waals surface area contributed by atoms with E-state index in [1.54, 1.807) is 0 Å². The van der Waals surface area contributed by atoms with Gasteiger partial charge in [0.15, 0.2) is 0 Å². The predicted octanol–water partition coefficient (Wildman–Crippen LogP) is 0.0301. The van der Waals surface area contributed by atoms with Gasteiger partial charge in [-0.15, -0.1) is 0 Å². The van der Waals surface area contributed by atoms with E-state index >= 15 is 0 Å². The minimum absolute atomic E-state index is 0.140. The van der Waals surface area contributed by atoms with Gasteiger partial charge in [0.2, 0.25) is 5.91 Å². The second-order valence-electron chi connectivity index (χ2n) is 3.17. The molecule has 1 atom stereocenters. The van der Waals surface area contributed by atoms with E-state index in [1.807, 2.05) is 11.9 Å². The topological polar surface area (TPSA) is 32.3 Å². The molecule has 1 aliphatic heterocycles. The van der Waals surface area contributed by atoms with Gasteiger partial charge in [-0.25, -0.2) is 0 Å². The number of likely N-dealkylation sites (N-methyl/N-ethyl adjacent to an activating group) is 1. The Morgan fingerprint density at radius 1 is 1.70 bits per heavy atom.